The minimum atomic E-state index is -0.817. The molecule has 0 aliphatic carbocycles. The van der Waals surface area contributed by atoms with Crippen LogP contribution in [0.25, 0.3) is 10.8 Å². The third-order valence-corrected chi connectivity index (χ3v) is 4.21. The van der Waals surface area contributed by atoms with Gasteiger partial charge in [-0.15, -0.1) is 0 Å². The van der Waals surface area contributed by atoms with Crippen LogP contribution in [0.5, 0.6) is 0 Å². The van der Waals surface area contributed by atoms with Crippen molar-refractivity contribution in [2.75, 3.05) is 19.8 Å². The number of fused-ring (bicyclic) bond motifs is 1. The normalized spacial score (nSPS) is 21.3. The lowest BCUT2D eigenvalue weighted by molar-refractivity contribution is -0.151. The van der Waals surface area contributed by atoms with Gasteiger partial charge in [-0.25, -0.2) is 0 Å². The molecule has 2 atom stereocenters. The standard InChI is InChI=1S/C17H19NO3/c1-12(18-8-9-21-11-16(18)17(19)20)14-7-6-13-4-2-3-5-15(13)10-14/h2-7,10,12,16H,8-9,11H2,1H3,(H,19,20). The highest BCUT2D eigenvalue weighted by Crippen LogP contribution is 2.27. The lowest BCUT2D eigenvalue weighted by Crippen LogP contribution is -2.50. The fraction of sp³-hybridized carbons (Fsp3) is 0.353. The fourth-order valence-corrected chi connectivity index (χ4v) is 2.95. The molecule has 2 aromatic rings. The van der Waals surface area contributed by atoms with Gasteiger partial charge in [0, 0.05) is 12.6 Å². The molecule has 0 saturated carbocycles. The summed E-state index contributed by atoms with van der Waals surface area (Å²) in [5.41, 5.74) is 1.14. The largest absolute Gasteiger partial charge is 0.480 e. The van der Waals surface area contributed by atoms with Crippen molar-refractivity contribution in [1.82, 2.24) is 4.90 Å². The first-order chi connectivity index (χ1) is 10.2. The van der Waals surface area contributed by atoms with E-state index in [2.05, 4.69) is 37.3 Å². The Morgan fingerprint density at radius 1 is 1.29 bits per heavy atom. The summed E-state index contributed by atoms with van der Waals surface area (Å²) in [5.74, 6) is -0.817. The van der Waals surface area contributed by atoms with Crippen LogP contribution in [-0.2, 0) is 9.53 Å². The van der Waals surface area contributed by atoms with Crippen LogP contribution in [0.15, 0.2) is 42.5 Å². The molecule has 0 spiro atoms. The van der Waals surface area contributed by atoms with Gasteiger partial charge in [-0.1, -0.05) is 36.4 Å². The number of carboxylic acids is 1. The number of morpholine rings is 1. The zero-order valence-corrected chi connectivity index (χ0v) is 12.0. The second kappa shape index (κ2) is 5.84. The van der Waals surface area contributed by atoms with E-state index in [-0.39, 0.29) is 12.6 Å². The zero-order valence-electron chi connectivity index (χ0n) is 12.0. The van der Waals surface area contributed by atoms with Crippen LogP contribution in [0.3, 0.4) is 0 Å². The van der Waals surface area contributed by atoms with Gasteiger partial charge >= 0.3 is 5.97 Å². The molecule has 1 aliphatic rings. The Kier molecular flexibility index (Phi) is 3.90. The minimum absolute atomic E-state index is 0.0552. The quantitative estimate of drug-likeness (QED) is 0.942. The molecular formula is C17H19NO3. The van der Waals surface area contributed by atoms with Crippen LogP contribution in [0, 0.1) is 0 Å². The van der Waals surface area contributed by atoms with Gasteiger partial charge in [0.05, 0.1) is 13.2 Å². The Morgan fingerprint density at radius 2 is 2.05 bits per heavy atom. The van der Waals surface area contributed by atoms with Crippen molar-refractivity contribution in [3.8, 4) is 0 Å². The lowest BCUT2D eigenvalue weighted by atomic mass is 10.0. The highest BCUT2D eigenvalue weighted by atomic mass is 16.5. The minimum Gasteiger partial charge on any atom is -0.480 e. The summed E-state index contributed by atoms with van der Waals surface area (Å²) in [7, 11) is 0. The molecule has 1 fully saturated rings. The number of aliphatic carboxylic acids is 1. The van der Waals surface area contributed by atoms with Gasteiger partial charge in [0.1, 0.15) is 6.04 Å². The molecule has 1 N–H and O–H groups in total. The van der Waals surface area contributed by atoms with Crippen molar-refractivity contribution in [2.24, 2.45) is 0 Å². The summed E-state index contributed by atoms with van der Waals surface area (Å²) >= 11 is 0. The first-order valence-electron chi connectivity index (χ1n) is 7.22. The van der Waals surface area contributed by atoms with Crippen molar-refractivity contribution in [1.29, 1.82) is 0 Å². The summed E-state index contributed by atoms with van der Waals surface area (Å²) in [6.45, 7) is 3.55. The first kappa shape index (κ1) is 14.0. The van der Waals surface area contributed by atoms with Crippen LogP contribution in [0.4, 0.5) is 0 Å². The smallest absolute Gasteiger partial charge is 0.323 e. The predicted octanol–water partition coefficient (Wildman–Crippen LogP) is 2.69. The average molecular weight is 285 g/mol. The van der Waals surface area contributed by atoms with Crippen LogP contribution in [0.2, 0.25) is 0 Å². The fourth-order valence-electron chi connectivity index (χ4n) is 2.95. The van der Waals surface area contributed by atoms with E-state index in [0.29, 0.717) is 13.2 Å². The van der Waals surface area contributed by atoms with Crippen LogP contribution in [0.1, 0.15) is 18.5 Å². The van der Waals surface area contributed by atoms with Crippen molar-refractivity contribution < 1.29 is 14.6 Å². The first-order valence-corrected chi connectivity index (χ1v) is 7.22. The van der Waals surface area contributed by atoms with E-state index in [0.717, 1.165) is 5.56 Å². The Balaban J connectivity index is 1.91. The molecule has 1 aliphatic heterocycles. The maximum atomic E-state index is 11.4. The molecular weight excluding hydrogens is 266 g/mol. The van der Waals surface area contributed by atoms with Crippen molar-refractivity contribution >= 4 is 16.7 Å². The van der Waals surface area contributed by atoms with Crippen molar-refractivity contribution in [2.45, 2.75) is 19.0 Å². The number of ether oxygens (including phenoxy) is 1. The maximum absolute atomic E-state index is 11.4. The Labute approximate surface area is 123 Å². The van der Waals surface area contributed by atoms with Crippen molar-refractivity contribution in [3.05, 3.63) is 48.0 Å². The van der Waals surface area contributed by atoms with Crippen LogP contribution in [-0.4, -0.2) is 41.8 Å². The molecule has 110 valence electrons. The SMILES string of the molecule is CC(c1ccc2ccccc2c1)N1CCOCC1C(=O)O. The second-order valence-electron chi connectivity index (χ2n) is 5.45. The molecule has 1 saturated heterocycles. The zero-order chi connectivity index (χ0) is 14.8. The van der Waals surface area contributed by atoms with Gasteiger partial charge < -0.3 is 9.84 Å². The predicted molar refractivity (Wildman–Crippen MR) is 81.3 cm³/mol. The van der Waals surface area contributed by atoms with E-state index in [1.165, 1.54) is 10.8 Å². The van der Waals surface area contributed by atoms with Gasteiger partial charge in [0.25, 0.3) is 0 Å². The highest BCUT2D eigenvalue weighted by Gasteiger charge is 2.32. The number of carbonyl (C=O) groups is 1. The van der Waals surface area contributed by atoms with E-state index in [9.17, 15) is 9.90 Å². The van der Waals surface area contributed by atoms with E-state index < -0.39 is 12.0 Å². The molecule has 4 nitrogen and oxygen atoms in total. The van der Waals surface area contributed by atoms with Crippen LogP contribution < -0.4 is 0 Å². The van der Waals surface area contributed by atoms with Gasteiger partial charge in [-0.2, -0.15) is 0 Å². The second-order valence-corrected chi connectivity index (χ2v) is 5.45. The molecule has 4 heteroatoms. The molecule has 0 radical (unpaired) electrons. The van der Waals surface area contributed by atoms with Gasteiger partial charge in [-0.3, -0.25) is 9.69 Å². The van der Waals surface area contributed by atoms with Gasteiger partial charge in [0.2, 0.25) is 0 Å². The monoisotopic (exact) mass is 285 g/mol. The average Bonchev–Trinajstić information content (AvgIpc) is 2.53. The Bertz CT molecular complexity index is 655. The lowest BCUT2D eigenvalue weighted by Gasteiger charge is -2.37. The number of hydrogen-bond donors (Lipinski definition) is 1. The van der Waals surface area contributed by atoms with Gasteiger partial charge in [0.15, 0.2) is 0 Å². The third kappa shape index (κ3) is 2.77. The topological polar surface area (TPSA) is 49.8 Å². The molecule has 2 unspecified atom stereocenters. The van der Waals surface area contributed by atoms with Crippen LogP contribution >= 0.6 is 0 Å². The van der Waals surface area contributed by atoms with Crippen molar-refractivity contribution in [3.63, 3.8) is 0 Å². The Hall–Kier alpha value is -1.91. The molecule has 0 bridgehead atoms. The number of benzene rings is 2. The maximum Gasteiger partial charge on any atom is 0.323 e. The highest BCUT2D eigenvalue weighted by molar-refractivity contribution is 5.83. The van der Waals surface area contributed by atoms with Gasteiger partial charge in [-0.05, 0) is 29.3 Å². The summed E-state index contributed by atoms with van der Waals surface area (Å²) < 4.78 is 5.31. The van der Waals surface area contributed by atoms with E-state index in [1.807, 2.05) is 17.0 Å². The van der Waals surface area contributed by atoms with E-state index in [1.54, 1.807) is 0 Å². The summed E-state index contributed by atoms with van der Waals surface area (Å²) in [6, 6.07) is 14.0. The number of rotatable bonds is 3. The molecule has 2 aromatic carbocycles. The molecule has 1 heterocycles. The number of carboxylic acid groups (broad SMARTS) is 1. The molecule has 21 heavy (non-hydrogen) atoms. The van der Waals surface area contributed by atoms with E-state index in [4.69, 9.17) is 4.74 Å². The third-order valence-electron chi connectivity index (χ3n) is 4.21. The molecule has 3 rings (SSSR count). The summed E-state index contributed by atoms with van der Waals surface area (Å²) in [5, 5.41) is 11.7. The van der Waals surface area contributed by atoms with E-state index >= 15 is 0 Å². The summed E-state index contributed by atoms with van der Waals surface area (Å²) in [6.07, 6.45) is 0. The Morgan fingerprint density at radius 3 is 2.81 bits per heavy atom. The number of nitrogens with zero attached hydrogens (tertiary/aromatic N) is 1. The summed E-state index contributed by atoms with van der Waals surface area (Å²) in [4.78, 5) is 13.4. The molecule has 0 aromatic heterocycles. The molecule has 0 amide bonds. The number of hydrogen-bond acceptors (Lipinski definition) is 3.